The zero-order valence-electron chi connectivity index (χ0n) is 15.9. The van der Waals surface area contributed by atoms with Gasteiger partial charge in [0, 0.05) is 32.7 Å². The Kier molecular flexibility index (Phi) is 7.18. The molecule has 0 N–H and O–H groups in total. The Morgan fingerprint density at radius 3 is 2.25 bits per heavy atom. The highest BCUT2D eigenvalue weighted by atomic mass is 35.5. The van der Waals surface area contributed by atoms with Crippen molar-refractivity contribution >= 4 is 21.6 Å². The summed E-state index contributed by atoms with van der Waals surface area (Å²) in [6.07, 6.45) is 0.878. The molecule has 152 valence electrons. The average molecular weight is 425 g/mol. The van der Waals surface area contributed by atoms with Crippen molar-refractivity contribution in [3.05, 3.63) is 53.6 Å². The van der Waals surface area contributed by atoms with Gasteiger partial charge >= 0.3 is 0 Å². The lowest BCUT2D eigenvalue weighted by Crippen LogP contribution is -2.48. The number of hydrogen-bond acceptors (Lipinski definition) is 5. The second-order valence-electron chi connectivity index (χ2n) is 6.55. The Hall–Kier alpha value is -1.80. The van der Waals surface area contributed by atoms with Crippen LogP contribution >= 0.6 is 11.6 Å². The standard InChI is InChI=1S/C20H25ClN2O4S/c1-26-17-7-9-18(10-8-17)27-16-4-11-22-12-14-23(15-13-22)28(24,25)20-6-3-2-5-19(20)21/h2-3,5-10H,4,11-16H2,1H3. The van der Waals surface area contributed by atoms with Crippen molar-refractivity contribution in [3.63, 3.8) is 0 Å². The van der Waals surface area contributed by atoms with E-state index in [1.54, 1.807) is 31.4 Å². The normalized spacial score (nSPS) is 16.1. The zero-order chi connectivity index (χ0) is 20.0. The minimum Gasteiger partial charge on any atom is -0.497 e. The number of benzene rings is 2. The maximum absolute atomic E-state index is 12.8. The number of piperazine rings is 1. The third-order valence-electron chi connectivity index (χ3n) is 4.73. The van der Waals surface area contributed by atoms with Gasteiger partial charge in [-0.1, -0.05) is 23.7 Å². The molecular formula is C20H25ClN2O4S. The first-order valence-electron chi connectivity index (χ1n) is 9.24. The number of rotatable bonds is 8. The molecule has 0 saturated carbocycles. The van der Waals surface area contributed by atoms with Crippen LogP contribution in [0.3, 0.4) is 0 Å². The molecule has 2 aromatic carbocycles. The molecule has 1 saturated heterocycles. The van der Waals surface area contributed by atoms with Crippen molar-refractivity contribution < 1.29 is 17.9 Å². The van der Waals surface area contributed by atoms with Crippen molar-refractivity contribution in [1.82, 2.24) is 9.21 Å². The number of hydrogen-bond donors (Lipinski definition) is 0. The lowest BCUT2D eigenvalue weighted by Gasteiger charge is -2.34. The monoisotopic (exact) mass is 424 g/mol. The van der Waals surface area contributed by atoms with Gasteiger partial charge in [0.05, 0.1) is 18.7 Å². The largest absolute Gasteiger partial charge is 0.497 e. The van der Waals surface area contributed by atoms with Crippen molar-refractivity contribution in [1.29, 1.82) is 0 Å². The van der Waals surface area contributed by atoms with Gasteiger partial charge in [-0.15, -0.1) is 0 Å². The number of methoxy groups -OCH3 is 1. The second kappa shape index (κ2) is 9.60. The van der Waals surface area contributed by atoms with E-state index in [4.69, 9.17) is 21.1 Å². The summed E-state index contributed by atoms with van der Waals surface area (Å²) in [6.45, 7) is 3.82. The first kappa shape index (κ1) is 20.9. The van der Waals surface area contributed by atoms with E-state index in [1.165, 1.54) is 4.31 Å². The minimum atomic E-state index is -3.54. The molecule has 0 spiro atoms. The highest BCUT2D eigenvalue weighted by Crippen LogP contribution is 2.25. The molecule has 1 aliphatic heterocycles. The number of halogens is 1. The summed E-state index contributed by atoms with van der Waals surface area (Å²) in [4.78, 5) is 2.44. The topological polar surface area (TPSA) is 59.1 Å². The van der Waals surface area contributed by atoms with E-state index in [0.717, 1.165) is 24.5 Å². The Labute approximate surface area is 171 Å². The highest BCUT2D eigenvalue weighted by Gasteiger charge is 2.29. The van der Waals surface area contributed by atoms with E-state index in [9.17, 15) is 8.42 Å². The molecule has 3 rings (SSSR count). The van der Waals surface area contributed by atoms with Gasteiger partial charge in [-0.05, 0) is 42.8 Å². The van der Waals surface area contributed by atoms with Crippen molar-refractivity contribution in [2.45, 2.75) is 11.3 Å². The van der Waals surface area contributed by atoms with E-state index in [0.29, 0.717) is 32.8 Å². The number of sulfonamides is 1. The molecule has 0 amide bonds. The van der Waals surface area contributed by atoms with Crippen LogP contribution in [0.2, 0.25) is 5.02 Å². The van der Waals surface area contributed by atoms with E-state index in [2.05, 4.69) is 4.90 Å². The predicted molar refractivity (Wildman–Crippen MR) is 110 cm³/mol. The predicted octanol–water partition coefficient (Wildman–Crippen LogP) is 3.12. The van der Waals surface area contributed by atoms with Crippen LogP contribution in [0.5, 0.6) is 11.5 Å². The van der Waals surface area contributed by atoms with E-state index >= 15 is 0 Å². The van der Waals surface area contributed by atoms with Crippen LogP contribution in [0.25, 0.3) is 0 Å². The maximum atomic E-state index is 12.8. The molecule has 0 radical (unpaired) electrons. The van der Waals surface area contributed by atoms with Gasteiger partial charge in [0.25, 0.3) is 0 Å². The zero-order valence-corrected chi connectivity index (χ0v) is 17.5. The molecular weight excluding hydrogens is 400 g/mol. The SMILES string of the molecule is COc1ccc(OCCCN2CCN(S(=O)(=O)c3ccccc3Cl)CC2)cc1. The third-order valence-corrected chi connectivity index (χ3v) is 7.13. The summed E-state index contributed by atoms with van der Waals surface area (Å²) in [5.74, 6) is 1.62. The quantitative estimate of drug-likeness (QED) is 0.609. The first-order chi connectivity index (χ1) is 13.5. The smallest absolute Gasteiger partial charge is 0.244 e. The van der Waals surface area contributed by atoms with Gasteiger partial charge in [0.15, 0.2) is 0 Å². The molecule has 0 atom stereocenters. The van der Waals surface area contributed by atoms with Crippen LogP contribution in [-0.2, 0) is 10.0 Å². The number of ether oxygens (including phenoxy) is 2. The van der Waals surface area contributed by atoms with Crippen molar-refractivity contribution in [2.75, 3.05) is 46.4 Å². The molecule has 0 bridgehead atoms. The maximum Gasteiger partial charge on any atom is 0.244 e. The van der Waals surface area contributed by atoms with Crippen molar-refractivity contribution in [3.8, 4) is 11.5 Å². The van der Waals surface area contributed by atoms with E-state index < -0.39 is 10.0 Å². The second-order valence-corrected chi connectivity index (χ2v) is 8.87. The van der Waals surface area contributed by atoms with Gasteiger partial charge in [-0.3, -0.25) is 0 Å². The third kappa shape index (κ3) is 5.17. The molecule has 6 nitrogen and oxygen atoms in total. The summed E-state index contributed by atoms with van der Waals surface area (Å²) in [6, 6.07) is 14.1. The molecule has 0 aliphatic carbocycles. The van der Waals surface area contributed by atoms with Gasteiger partial charge < -0.3 is 14.4 Å². The first-order valence-corrected chi connectivity index (χ1v) is 11.1. The summed E-state index contributed by atoms with van der Waals surface area (Å²) in [5.41, 5.74) is 0. The van der Waals surface area contributed by atoms with Gasteiger partial charge in [-0.2, -0.15) is 4.31 Å². The fourth-order valence-electron chi connectivity index (χ4n) is 3.14. The molecule has 1 aliphatic rings. The van der Waals surface area contributed by atoms with Crippen LogP contribution in [0, 0.1) is 0 Å². The summed E-state index contributed by atoms with van der Waals surface area (Å²) < 4.78 is 37.9. The number of nitrogens with zero attached hydrogens (tertiary/aromatic N) is 2. The molecule has 28 heavy (non-hydrogen) atoms. The molecule has 0 unspecified atom stereocenters. The Morgan fingerprint density at radius 2 is 1.61 bits per heavy atom. The van der Waals surface area contributed by atoms with Crippen LogP contribution < -0.4 is 9.47 Å². The van der Waals surface area contributed by atoms with Gasteiger partial charge in [0.1, 0.15) is 16.4 Å². The van der Waals surface area contributed by atoms with Gasteiger partial charge in [0.2, 0.25) is 10.0 Å². The Balaban J connectivity index is 1.42. The van der Waals surface area contributed by atoms with E-state index in [1.807, 2.05) is 24.3 Å². The molecule has 2 aromatic rings. The molecule has 0 aromatic heterocycles. The van der Waals surface area contributed by atoms with E-state index in [-0.39, 0.29) is 9.92 Å². The lowest BCUT2D eigenvalue weighted by molar-refractivity contribution is 0.174. The van der Waals surface area contributed by atoms with Crippen molar-refractivity contribution in [2.24, 2.45) is 0 Å². The fraction of sp³-hybridized carbons (Fsp3) is 0.400. The Bertz CT molecular complexity index is 866. The van der Waals surface area contributed by atoms with Crippen LogP contribution in [0.1, 0.15) is 6.42 Å². The fourth-order valence-corrected chi connectivity index (χ4v) is 5.05. The molecule has 1 fully saturated rings. The highest BCUT2D eigenvalue weighted by molar-refractivity contribution is 7.89. The van der Waals surface area contributed by atoms with Gasteiger partial charge in [-0.25, -0.2) is 8.42 Å². The van der Waals surface area contributed by atoms with Crippen LogP contribution in [-0.4, -0.2) is 64.1 Å². The minimum absolute atomic E-state index is 0.179. The van der Waals surface area contributed by atoms with Crippen LogP contribution in [0.15, 0.2) is 53.4 Å². The summed E-state index contributed by atoms with van der Waals surface area (Å²) in [5, 5.41) is 0.264. The average Bonchev–Trinajstić information content (AvgIpc) is 2.72. The molecule has 1 heterocycles. The summed E-state index contributed by atoms with van der Waals surface area (Å²) >= 11 is 6.07. The summed E-state index contributed by atoms with van der Waals surface area (Å²) in [7, 11) is -1.91. The van der Waals surface area contributed by atoms with Crippen LogP contribution in [0.4, 0.5) is 0 Å². The molecule has 8 heteroatoms. The lowest BCUT2D eigenvalue weighted by atomic mass is 10.3. The Morgan fingerprint density at radius 1 is 0.964 bits per heavy atom.